The third-order valence-corrected chi connectivity index (χ3v) is 5.87. The molecule has 2 aliphatic rings. The zero-order chi connectivity index (χ0) is 19.5. The molecule has 1 amide bonds. The maximum Gasteiger partial charge on any atom is 0.234 e. The van der Waals surface area contributed by atoms with Crippen molar-refractivity contribution in [2.45, 2.75) is 38.3 Å². The second kappa shape index (κ2) is 8.23. The van der Waals surface area contributed by atoms with E-state index < -0.39 is 0 Å². The van der Waals surface area contributed by atoms with Gasteiger partial charge in [0.05, 0.1) is 26.8 Å². The fourth-order valence-electron chi connectivity index (χ4n) is 4.42. The first-order valence-corrected chi connectivity index (χ1v) is 10.0. The summed E-state index contributed by atoms with van der Waals surface area (Å²) in [5.74, 6) is 1.61. The standard InChI is InChI=1S/C23H28N2O3/c1-27-21-12-17-10-11-25(14-18(17)13-22(21)28-2)15-23(26)24-20-9-5-7-16-6-3-4-8-19(16)20/h3-4,6,8,12-13,20H,5,7,9-11,14-15H2,1-2H3,(H,24,26)/t20-/m1/s1. The molecule has 1 heterocycles. The smallest absolute Gasteiger partial charge is 0.234 e. The highest BCUT2D eigenvalue weighted by Crippen LogP contribution is 2.33. The topological polar surface area (TPSA) is 50.8 Å². The Kier molecular flexibility index (Phi) is 5.53. The molecule has 1 N–H and O–H groups in total. The maximum absolute atomic E-state index is 12.7. The molecule has 0 aromatic heterocycles. The molecule has 0 saturated carbocycles. The molecule has 148 valence electrons. The van der Waals surface area contributed by atoms with E-state index in [1.54, 1.807) is 14.2 Å². The molecule has 4 rings (SSSR count). The van der Waals surface area contributed by atoms with Crippen LogP contribution in [0.5, 0.6) is 11.5 Å². The maximum atomic E-state index is 12.7. The lowest BCUT2D eigenvalue weighted by atomic mass is 9.88. The van der Waals surface area contributed by atoms with Crippen molar-refractivity contribution in [3.63, 3.8) is 0 Å². The first kappa shape index (κ1) is 18.8. The number of rotatable bonds is 5. The van der Waals surface area contributed by atoms with Crippen LogP contribution in [-0.4, -0.2) is 38.1 Å². The monoisotopic (exact) mass is 380 g/mol. The number of nitrogens with one attached hydrogen (secondary N) is 1. The van der Waals surface area contributed by atoms with Crippen LogP contribution in [-0.2, 0) is 24.2 Å². The summed E-state index contributed by atoms with van der Waals surface area (Å²) < 4.78 is 10.8. The summed E-state index contributed by atoms with van der Waals surface area (Å²) in [6, 6.07) is 12.7. The van der Waals surface area contributed by atoms with Gasteiger partial charge >= 0.3 is 0 Å². The number of aryl methyl sites for hydroxylation is 1. The van der Waals surface area contributed by atoms with Crippen molar-refractivity contribution in [1.82, 2.24) is 10.2 Å². The molecular weight excluding hydrogens is 352 g/mol. The molecule has 28 heavy (non-hydrogen) atoms. The summed E-state index contributed by atoms with van der Waals surface area (Å²) in [6.45, 7) is 2.05. The lowest BCUT2D eigenvalue weighted by Gasteiger charge is -2.31. The molecule has 1 aliphatic heterocycles. The number of methoxy groups -OCH3 is 2. The average Bonchev–Trinajstić information content (AvgIpc) is 2.73. The number of fused-ring (bicyclic) bond motifs is 2. The number of ether oxygens (including phenoxy) is 2. The lowest BCUT2D eigenvalue weighted by molar-refractivity contribution is -0.123. The molecule has 2 aromatic rings. The van der Waals surface area contributed by atoms with E-state index in [9.17, 15) is 4.79 Å². The first-order valence-electron chi connectivity index (χ1n) is 10.0. The molecule has 0 unspecified atom stereocenters. The van der Waals surface area contributed by atoms with Crippen LogP contribution < -0.4 is 14.8 Å². The van der Waals surface area contributed by atoms with Crippen molar-refractivity contribution < 1.29 is 14.3 Å². The Morgan fingerprint density at radius 2 is 1.82 bits per heavy atom. The predicted molar refractivity (Wildman–Crippen MR) is 109 cm³/mol. The highest BCUT2D eigenvalue weighted by atomic mass is 16.5. The molecule has 1 aliphatic carbocycles. The third-order valence-electron chi connectivity index (χ3n) is 5.87. The number of benzene rings is 2. The molecule has 0 saturated heterocycles. The summed E-state index contributed by atoms with van der Waals surface area (Å²) in [4.78, 5) is 14.9. The molecule has 1 atom stereocenters. The Bertz CT molecular complexity index is 865. The highest BCUT2D eigenvalue weighted by Gasteiger charge is 2.24. The number of hydrogen-bond acceptors (Lipinski definition) is 4. The van der Waals surface area contributed by atoms with E-state index in [4.69, 9.17) is 9.47 Å². The van der Waals surface area contributed by atoms with E-state index in [1.807, 2.05) is 6.07 Å². The van der Waals surface area contributed by atoms with Crippen molar-refractivity contribution in [1.29, 1.82) is 0 Å². The van der Waals surface area contributed by atoms with Gasteiger partial charge in [-0.3, -0.25) is 9.69 Å². The Balaban J connectivity index is 1.40. The van der Waals surface area contributed by atoms with E-state index in [2.05, 4.69) is 40.5 Å². The number of carbonyl (C=O) groups is 1. The van der Waals surface area contributed by atoms with E-state index in [1.165, 1.54) is 22.3 Å². The zero-order valence-electron chi connectivity index (χ0n) is 16.7. The Hall–Kier alpha value is -2.53. The summed E-state index contributed by atoms with van der Waals surface area (Å²) in [5.41, 5.74) is 5.13. The van der Waals surface area contributed by atoms with Crippen LogP contribution in [0.2, 0.25) is 0 Å². The summed E-state index contributed by atoms with van der Waals surface area (Å²) in [5, 5.41) is 3.26. The number of nitrogens with zero attached hydrogens (tertiary/aromatic N) is 1. The molecule has 5 nitrogen and oxygen atoms in total. The number of carbonyl (C=O) groups excluding carboxylic acids is 1. The summed E-state index contributed by atoms with van der Waals surface area (Å²) >= 11 is 0. The second-order valence-corrected chi connectivity index (χ2v) is 7.65. The second-order valence-electron chi connectivity index (χ2n) is 7.65. The first-order chi connectivity index (χ1) is 13.7. The van der Waals surface area contributed by atoms with Crippen molar-refractivity contribution in [3.8, 4) is 11.5 Å². The van der Waals surface area contributed by atoms with E-state index in [0.717, 1.165) is 50.3 Å². The SMILES string of the molecule is COc1cc2c(cc1OC)CN(CC(=O)N[C@@H]1CCCc3ccccc31)CC2. The molecular formula is C23H28N2O3. The Labute approximate surface area is 166 Å². The van der Waals surface area contributed by atoms with Gasteiger partial charge in [0, 0.05) is 13.1 Å². The van der Waals surface area contributed by atoms with Gasteiger partial charge in [0.2, 0.25) is 5.91 Å². The summed E-state index contributed by atoms with van der Waals surface area (Å²) in [6.07, 6.45) is 4.16. The lowest BCUT2D eigenvalue weighted by Crippen LogP contribution is -2.41. The van der Waals surface area contributed by atoms with Gasteiger partial charge in [0.25, 0.3) is 0 Å². The minimum Gasteiger partial charge on any atom is -0.493 e. The summed E-state index contributed by atoms with van der Waals surface area (Å²) in [7, 11) is 3.31. The fraction of sp³-hybridized carbons (Fsp3) is 0.435. The van der Waals surface area contributed by atoms with Crippen molar-refractivity contribution in [2.75, 3.05) is 27.3 Å². The number of amides is 1. The Morgan fingerprint density at radius 3 is 2.61 bits per heavy atom. The number of hydrogen-bond donors (Lipinski definition) is 1. The van der Waals surface area contributed by atoms with Crippen LogP contribution in [0, 0.1) is 0 Å². The van der Waals surface area contributed by atoms with Crippen LogP contribution in [0.1, 0.15) is 41.1 Å². The third kappa shape index (κ3) is 3.85. The predicted octanol–water partition coefficient (Wildman–Crippen LogP) is 3.26. The van der Waals surface area contributed by atoms with Crippen LogP contribution in [0.15, 0.2) is 36.4 Å². The minimum absolute atomic E-state index is 0.102. The van der Waals surface area contributed by atoms with Gasteiger partial charge in [-0.2, -0.15) is 0 Å². The van der Waals surface area contributed by atoms with Gasteiger partial charge in [0.1, 0.15) is 0 Å². The fourth-order valence-corrected chi connectivity index (χ4v) is 4.42. The molecule has 0 bridgehead atoms. The van der Waals surface area contributed by atoms with Crippen LogP contribution in [0.3, 0.4) is 0 Å². The van der Waals surface area contributed by atoms with E-state index >= 15 is 0 Å². The molecule has 0 fully saturated rings. The van der Waals surface area contributed by atoms with Gasteiger partial charge in [-0.1, -0.05) is 24.3 Å². The molecule has 0 spiro atoms. The van der Waals surface area contributed by atoms with Crippen molar-refractivity contribution in [3.05, 3.63) is 58.7 Å². The highest BCUT2D eigenvalue weighted by molar-refractivity contribution is 5.78. The zero-order valence-corrected chi connectivity index (χ0v) is 16.7. The molecule has 0 radical (unpaired) electrons. The van der Waals surface area contributed by atoms with Gasteiger partial charge in [-0.05, 0) is 60.1 Å². The van der Waals surface area contributed by atoms with Gasteiger partial charge in [0.15, 0.2) is 11.5 Å². The minimum atomic E-state index is 0.102. The quantitative estimate of drug-likeness (QED) is 0.865. The van der Waals surface area contributed by atoms with Gasteiger partial charge < -0.3 is 14.8 Å². The normalized spacial score (nSPS) is 18.7. The van der Waals surface area contributed by atoms with Crippen LogP contribution in [0.4, 0.5) is 0 Å². The average molecular weight is 380 g/mol. The Morgan fingerprint density at radius 1 is 1.07 bits per heavy atom. The van der Waals surface area contributed by atoms with Crippen LogP contribution >= 0.6 is 0 Å². The van der Waals surface area contributed by atoms with Crippen molar-refractivity contribution >= 4 is 5.91 Å². The van der Waals surface area contributed by atoms with E-state index in [0.29, 0.717) is 6.54 Å². The van der Waals surface area contributed by atoms with Crippen molar-refractivity contribution in [2.24, 2.45) is 0 Å². The van der Waals surface area contributed by atoms with Gasteiger partial charge in [-0.25, -0.2) is 0 Å². The largest absolute Gasteiger partial charge is 0.493 e. The molecule has 2 aromatic carbocycles. The van der Waals surface area contributed by atoms with Gasteiger partial charge in [-0.15, -0.1) is 0 Å². The molecule has 5 heteroatoms. The van der Waals surface area contributed by atoms with E-state index in [-0.39, 0.29) is 11.9 Å². The van der Waals surface area contributed by atoms with Crippen LogP contribution in [0.25, 0.3) is 0 Å².